The maximum Gasteiger partial charge on any atom is 0.221 e. The molecule has 110 valence electrons. The number of halogens is 3. The Bertz CT molecular complexity index is 682. The molecule has 2 unspecified atom stereocenters. The van der Waals surface area contributed by atoms with Crippen LogP contribution in [-0.2, 0) is 0 Å². The molecule has 1 aliphatic carbocycles. The summed E-state index contributed by atoms with van der Waals surface area (Å²) in [5, 5.41) is 0. The summed E-state index contributed by atoms with van der Waals surface area (Å²) in [5.41, 5.74) is 7.01. The molecule has 1 aromatic carbocycles. The first kappa shape index (κ1) is 13.9. The lowest BCUT2D eigenvalue weighted by molar-refractivity contribution is 0.459. The number of nitrogens with zero attached hydrogens (tertiary/aromatic N) is 1. The van der Waals surface area contributed by atoms with Gasteiger partial charge in [-0.2, -0.15) is 0 Å². The number of aromatic nitrogens is 1. The maximum absolute atomic E-state index is 13.8. The second kappa shape index (κ2) is 5.37. The first-order valence-corrected chi connectivity index (χ1v) is 6.55. The molecular weight excluding hydrogens is 281 g/mol. The standard InChI is InChI=1S/C15H13F3N2O/c16-11-7-13(18)12(17)6-10(11)9-2-1-8(5-14(9)19)15-20-3-4-21-15/h1,3-4,6-7,9,14H,2,5,19H2. The summed E-state index contributed by atoms with van der Waals surface area (Å²) < 4.78 is 45.4. The Morgan fingerprint density at radius 3 is 2.57 bits per heavy atom. The molecule has 0 radical (unpaired) electrons. The van der Waals surface area contributed by atoms with Crippen LogP contribution in [0.15, 0.2) is 35.1 Å². The molecule has 0 saturated heterocycles. The minimum absolute atomic E-state index is 0.101. The highest BCUT2D eigenvalue weighted by Crippen LogP contribution is 2.36. The van der Waals surface area contributed by atoms with Crippen molar-refractivity contribution in [1.29, 1.82) is 0 Å². The predicted molar refractivity (Wildman–Crippen MR) is 70.7 cm³/mol. The smallest absolute Gasteiger partial charge is 0.221 e. The Morgan fingerprint density at radius 2 is 1.90 bits per heavy atom. The maximum atomic E-state index is 13.8. The number of nitrogens with two attached hydrogens (primary N) is 1. The Kier molecular flexibility index (Phi) is 3.55. The largest absolute Gasteiger partial charge is 0.445 e. The molecule has 1 aromatic heterocycles. The zero-order valence-corrected chi connectivity index (χ0v) is 11.0. The van der Waals surface area contributed by atoms with Crippen LogP contribution in [0, 0.1) is 17.5 Å². The van der Waals surface area contributed by atoms with E-state index >= 15 is 0 Å². The van der Waals surface area contributed by atoms with Crippen molar-refractivity contribution in [3.63, 3.8) is 0 Å². The van der Waals surface area contributed by atoms with Crippen LogP contribution in [0.1, 0.15) is 30.2 Å². The molecule has 0 spiro atoms. The summed E-state index contributed by atoms with van der Waals surface area (Å²) in [4.78, 5) is 4.04. The molecule has 0 bridgehead atoms. The van der Waals surface area contributed by atoms with Crippen molar-refractivity contribution in [2.45, 2.75) is 24.8 Å². The number of hydrogen-bond donors (Lipinski definition) is 1. The van der Waals surface area contributed by atoms with E-state index in [0.717, 1.165) is 11.6 Å². The van der Waals surface area contributed by atoms with Crippen LogP contribution in [0.5, 0.6) is 0 Å². The highest BCUT2D eigenvalue weighted by molar-refractivity contribution is 5.60. The fourth-order valence-corrected chi connectivity index (χ4v) is 2.66. The van der Waals surface area contributed by atoms with Crippen molar-refractivity contribution >= 4 is 5.57 Å². The van der Waals surface area contributed by atoms with Crippen LogP contribution in [0.25, 0.3) is 5.57 Å². The minimum atomic E-state index is -1.20. The van der Waals surface area contributed by atoms with Gasteiger partial charge in [0.1, 0.15) is 12.1 Å². The quantitative estimate of drug-likeness (QED) is 0.864. The Balaban J connectivity index is 1.90. The molecule has 21 heavy (non-hydrogen) atoms. The van der Waals surface area contributed by atoms with Gasteiger partial charge >= 0.3 is 0 Å². The fourth-order valence-electron chi connectivity index (χ4n) is 2.66. The second-order valence-corrected chi connectivity index (χ2v) is 5.06. The van der Waals surface area contributed by atoms with Gasteiger partial charge in [0.2, 0.25) is 5.89 Å². The third-order valence-corrected chi connectivity index (χ3v) is 3.74. The van der Waals surface area contributed by atoms with E-state index in [4.69, 9.17) is 10.2 Å². The molecule has 2 aromatic rings. The van der Waals surface area contributed by atoms with Crippen LogP contribution in [0.2, 0.25) is 0 Å². The van der Waals surface area contributed by atoms with Gasteiger partial charge in [-0.15, -0.1) is 0 Å². The second-order valence-electron chi connectivity index (χ2n) is 5.06. The van der Waals surface area contributed by atoms with Gasteiger partial charge in [-0.1, -0.05) is 6.08 Å². The molecule has 0 saturated carbocycles. The Labute approximate surface area is 119 Å². The van der Waals surface area contributed by atoms with Gasteiger partial charge in [0.05, 0.1) is 6.20 Å². The SMILES string of the molecule is NC1CC(c2ncco2)=CCC1c1cc(F)c(F)cc1F. The van der Waals surface area contributed by atoms with E-state index in [2.05, 4.69) is 4.98 Å². The lowest BCUT2D eigenvalue weighted by Gasteiger charge is -2.28. The third-order valence-electron chi connectivity index (χ3n) is 3.74. The van der Waals surface area contributed by atoms with Crippen molar-refractivity contribution in [2.24, 2.45) is 5.73 Å². The predicted octanol–water partition coefficient (Wildman–Crippen LogP) is 3.38. The van der Waals surface area contributed by atoms with Gasteiger partial charge in [-0.25, -0.2) is 18.2 Å². The molecule has 3 nitrogen and oxygen atoms in total. The molecule has 3 rings (SSSR count). The summed E-state index contributed by atoms with van der Waals surface area (Å²) in [6.07, 6.45) is 5.69. The van der Waals surface area contributed by atoms with E-state index in [1.165, 1.54) is 12.5 Å². The Hall–Kier alpha value is -2.08. The molecule has 0 aliphatic heterocycles. The van der Waals surface area contributed by atoms with Crippen molar-refractivity contribution < 1.29 is 17.6 Å². The molecule has 6 heteroatoms. The number of oxazole rings is 1. The molecular formula is C15H13F3N2O. The van der Waals surface area contributed by atoms with Gasteiger partial charge < -0.3 is 10.2 Å². The molecule has 1 heterocycles. The lowest BCUT2D eigenvalue weighted by atomic mass is 9.80. The lowest BCUT2D eigenvalue weighted by Crippen LogP contribution is -2.31. The van der Waals surface area contributed by atoms with Crippen molar-refractivity contribution in [2.75, 3.05) is 0 Å². The van der Waals surface area contributed by atoms with Crippen LogP contribution < -0.4 is 5.73 Å². The number of hydrogen-bond acceptors (Lipinski definition) is 3. The monoisotopic (exact) mass is 294 g/mol. The third kappa shape index (κ3) is 2.58. The highest BCUT2D eigenvalue weighted by atomic mass is 19.2. The summed E-state index contributed by atoms with van der Waals surface area (Å²) in [6, 6.07) is 1.03. The summed E-state index contributed by atoms with van der Waals surface area (Å²) in [7, 11) is 0. The number of allylic oxidation sites excluding steroid dienone is 1. The highest BCUT2D eigenvalue weighted by Gasteiger charge is 2.29. The van der Waals surface area contributed by atoms with E-state index in [1.807, 2.05) is 6.08 Å². The van der Waals surface area contributed by atoms with E-state index in [-0.39, 0.29) is 5.56 Å². The summed E-state index contributed by atoms with van der Waals surface area (Å²) in [5.74, 6) is -2.96. The molecule has 1 aliphatic rings. The average Bonchev–Trinajstić information content (AvgIpc) is 2.97. The van der Waals surface area contributed by atoms with Gasteiger partial charge in [0.25, 0.3) is 0 Å². The van der Waals surface area contributed by atoms with Gasteiger partial charge in [-0.3, -0.25) is 0 Å². The number of rotatable bonds is 2. The summed E-state index contributed by atoms with van der Waals surface area (Å²) in [6.45, 7) is 0. The van der Waals surface area contributed by atoms with Gasteiger partial charge in [-0.05, 0) is 24.5 Å². The Morgan fingerprint density at radius 1 is 1.14 bits per heavy atom. The number of benzene rings is 1. The first-order chi connectivity index (χ1) is 10.1. The first-order valence-electron chi connectivity index (χ1n) is 6.55. The average molecular weight is 294 g/mol. The van der Waals surface area contributed by atoms with Crippen molar-refractivity contribution in [1.82, 2.24) is 4.98 Å². The van der Waals surface area contributed by atoms with Crippen LogP contribution in [0.4, 0.5) is 13.2 Å². The molecule has 0 amide bonds. The van der Waals surface area contributed by atoms with Crippen LogP contribution in [0.3, 0.4) is 0 Å². The summed E-state index contributed by atoms with van der Waals surface area (Å²) >= 11 is 0. The van der Waals surface area contributed by atoms with E-state index in [1.54, 1.807) is 0 Å². The van der Waals surface area contributed by atoms with Gasteiger partial charge in [0.15, 0.2) is 11.6 Å². The van der Waals surface area contributed by atoms with Crippen molar-refractivity contribution in [3.8, 4) is 0 Å². The molecule has 2 atom stereocenters. The van der Waals surface area contributed by atoms with Gasteiger partial charge in [0, 0.05) is 23.6 Å². The molecule has 2 N–H and O–H groups in total. The topological polar surface area (TPSA) is 52.0 Å². The minimum Gasteiger partial charge on any atom is -0.445 e. The van der Waals surface area contributed by atoms with E-state index in [0.29, 0.717) is 24.8 Å². The zero-order valence-electron chi connectivity index (χ0n) is 11.0. The van der Waals surface area contributed by atoms with Crippen LogP contribution >= 0.6 is 0 Å². The van der Waals surface area contributed by atoms with E-state index in [9.17, 15) is 13.2 Å². The normalized spacial score (nSPS) is 22.2. The van der Waals surface area contributed by atoms with Crippen molar-refractivity contribution in [3.05, 3.63) is 59.6 Å². The zero-order chi connectivity index (χ0) is 15.0. The molecule has 0 fully saturated rings. The van der Waals surface area contributed by atoms with E-state index < -0.39 is 29.4 Å². The fraction of sp³-hybridized carbons (Fsp3) is 0.267. The van der Waals surface area contributed by atoms with Crippen LogP contribution in [-0.4, -0.2) is 11.0 Å².